The zero-order valence-corrected chi connectivity index (χ0v) is 19.4. The maximum Gasteiger partial charge on any atom is 0.186 e. The fourth-order valence-corrected chi connectivity index (χ4v) is 5.56. The van der Waals surface area contributed by atoms with Crippen LogP contribution >= 0.6 is 30.6 Å². The molecule has 0 saturated heterocycles. The molecule has 0 aromatic carbocycles. The lowest BCUT2D eigenvalue weighted by molar-refractivity contribution is 0.529. The van der Waals surface area contributed by atoms with Crippen LogP contribution in [0.4, 0.5) is 0 Å². The lowest BCUT2D eigenvalue weighted by atomic mass is 10.0. The third-order valence-electron chi connectivity index (χ3n) is 4.53. The molecule has 0 heterocycles. The summed E-state index contributed by atoms with van der Waals surface area (Å²) in [5, 5.41) is 0. The normalized spacial score (nSPS) is 11.5. The van der Waals surface area contributed by atoms with E-state index in [4.69, 9.17) is 0 Å². The van der Waals surface area contributed by atoms with Crippen LogP contribution in [0.25, 0.3) is 0 Å². The van der Waals surface area contributed by atoms with Gasteiger partial charge in [-0.3, -0.25) is 0 Å². The van der Waals surface area contributed by atoms with Gasteiger partial charge in [0.05, 0.1) is 0 Å². The highest BCUT2D eigenvalue weighted by Gasteiger charge is 1.99. The third-order valence-corrected chi connectivity index (χ3v) is 8.12. The van der Waals surface area contributed by atoms with Gasteiger partial charge in [-0.2, -0.15) is 0 Å². The smallest absolute Gasteiger partial charge is 0.116 e. The quantitative estimate of drug-likeness (QED) is 0.110. The zero-order chi connectivity index (χ0) is 16.3. The topological polar surface area (TPSA) is 0 Å². The lowest BCUT2D eigenvalue weighted by Gasteiger charge is -2.04. The molecule has 0 aliphatic carbocycles. The fraction of sp³-hybridized carbons (Fsp3) is 1.00. The minimum absolute atomic E-state index is 0.640. The van der Waals surface area contributed by atoms with E-state index in [2.05, 4.69) is 37.5 Å². The Morgan fingerprint density at radius 3 is 1.00 bits per heavy atom. The van der Waals surface area contributed by atoms with Crippen LogP contribution in [0.3, 0.4) is 0 Å². The largest absolute Gasteiger partial charge is 0.186 e. The van der Waals surface area contributed by atoms with Crippen LogP contribution in [0, 0.1) is 0 Å². The Kier molecular flexibility index (Phi) is 21.3. The Labute approximate surface area is 158 Å². The molecule has 0 aliphatic heterocycles. The fourth-order valence-electron chi connectivity index (χ4n) is 3.02. The van der Waals surface area contributed by atoms with Gasteiger partial charge in [-0.1, -0.05) is 116 Å². The predicted octanol–water partition coefficient (Wildman–Crippen LogP) is 8.65. The average molecular weight is 456 g/mol. The summed E-state index contributed by atoms with van der Waals surface area (Å²) in [5.41, 5.74) is 0. The zero-order valence-electron chi connectivity index (χ0n) is 15.1. The van der Waals surface area contributed by atoms with Crippen LogP contribution in [0.1, 0.15) is 116 Å². The second-order valence-corrected chi connectivity index (χ2v) is 18.5. The van der Waals surface area contributed by atoms with E-state index in [1.165, 1.54) is 115 Å². The molecule has 0 N–H and O–H groups in total. The van der Waals surface area contributed by atoms with E-state index in [0.717, 1.165) is 0 Å². The highest BCUT2D eigenvalue weighted by Crippen LogP contribution is 2.16. The summed E-state index contributed by atoms with van der Waals surface area (Å²) in [4.78, 5) is 0. The molecular weight excluding hydrogens is 416 g/mol. The van der Waals surface area contributed by atoms with Crippen molar-refractivity contribution in [2.75, 3.05) is 0 Å². The van der Waals surface area contributed by atoms with E-state index in [-0.39, 0.29) is 0 Å². The summed E-state index contributed by atoms with van der Waals surface area (Å²) in [6, 6.07) is 0.761. The molecule has 0 atom stereocenters. The highest BCUT2D eigenvalue weighted by atomic mass is 79.9. The Hall–Kier alpha value is 1.18. The first kappa shape index (κ1) is 23.2. The molecule has 0 amide bonds. The second kappa shape index (κ2) is 20.2. The van der Waals surface area contributed by atoms with Gasteiger partial charge in [0.15, 0.2) is 6.04 Å². The number of hydrogen-bond donors (Lipinski definition) is 0. The minimum atomic E-state index is -0.640. The minimum Gasteiger partial charge on any atom is -0.116 e. The molecule has 0 radical (unpaired) electrons. The third kappa shape index (κ3) is 21.2. The molecule has 0 fully saturated rings. The number of rotatable bonds is 18. The molecule has 0 aliphatic rings. The predicted molar refractivity (Wildman–Crippen MR) is 114 cm³/mol. The van der Waals surface area contributed by atoms with Gasteiger partial charge >= 0.3 is 0 Å². The van der Waals surface area contributed by atoms with Crippen molar-refractivity contribution in [3.63, 3.8) is 0 Å². The molecule has 0 saturated carbocycles. The maximum absolute atomic E-state index is 3.68. The molecule has 0 aromatic heterocycles. The van der Waals surface area contributed by atoms with Crippen LogP contribution in [0.2, 0.25) is 6.04 Å². The Balaban J connectivity index is 2.94. The lowest BCUT2D eigenvalue weighted by Crippen LogP contribution is -1.89. The summed E-state index contributed by atoms with van der Waals surface area (Å²) in [6.45, 7) is 2.30. The number of halogens is 2. The average Bonchev–Trinajstić information content (AvgIpc) is 2.50. The summed E-state index contributed by atoms with van der Waals surface area (Å²) in [5.74, 6) is 0. The Bertz CT molecular complexity index is 198. The van der Waals surface area contributed by atoms with Crippen molar-refractivity contribution in [3.8, 4) is 0 Å². The molecule has 22 heavy (non-hydrogen) atoms. The number of hydrogen-bond acceptors (Lipinski definition) is 0. The van der Waals surface area contributed by atoms with Gasteiger partial charge in [-0.25, -0.2) is 0 Å². The monoisotopic (exact) mass is 454 g/mol. The van der Waals surface area contributed by atoms with Crippen LogP contribution in [0.15, 0.2) is 0 Å². The van der Waals surface area contributed by atoms with Gasteiger partial charge < -0.3 is 0 Å². The van der Waals surface area contributed by atoms with Crippen molar-refractivity contribution < 1.29 is 0 Å². The molecule has 0 bridgehead atoms. The van der Waals surface area contributed by atoms with E-state index < -0.39 is 6.04 Å². The Morgan fingerprint density at radius 1 is 0.455 bits per heavy atom. The summed E-state index contributed by atoms with van der Waals surface area (Å²) < 4.78 is 0. The Morgan fingerprint density at radius 2 is 0.727 bits per heavy atom. The second-order valence-electron chi connectivity index (χ2n) is 6.84. The molecule has 0 aromatic rings. The molecule has 0 spiro atoms. The van der Waals surface area contributed by atoms with Crippen molar-refractivity contribution in [2.24, 2.45) is 0 Å². The first-order chi connectivity index (χ1) is 10.8. The summed E-state index contributed by atoms with van der Waals surface area (Å²) in [7, 11) is 0. The van der Waals surface area contributed by atoms with Crippen LogP contribution in [-0.2, 0) is 0 Å². The highest BCUT2D eigenvalue weighted by molar-refractivity contribution is 9.49. The van der Waals surface area contributed by atoms with Gasteiger partial charge in [0.25, 0.3) is 0 Å². The molecule has 134 valence electrons. The summed E-state index contributed by atoms with van der Waals surface area (Å²) in [6.07, 6.45) is 24.9. The van der Waals surface area contributed by atoms with Gasteiger partial charge in [0.2, 0.25) is 0 Å². The standard InChI is InChI=1S/C19H40Br2Si/c1-2-3-4-5-6-7-8-9-10-11-12-13-14-15-16-17-18-19-22(20)21/h22H,2-19H2,1H3. The summed E-state index contributed by atoms with van der Waals surface area (Å²) >= 11 is 7.35. The van der Waals surface area contributed by atoms with Gasteiger partial charge in [0.1, 0.15) is 0 Å². The van der Waals surface area contributed by atoms with Gasteiger partial charge in [-0.05, 0) is 6.04 Å². The first-order valence-corrected chi connectivity index (χ1v) is 17.2. The van der Waals surface area contributed by atoms with Crippen LogP contribution < -0.4 is 0 Å². The molecule has 0 nitrogen and oxygen atoms in total. The van der Waals surface area contributed by atoms with E-state index in [1.54, 1.807) is 0 Å². The molecule has 3 heteroatoms. The number of unbranched alkanes of at least 4 members (excludes halogenated alkanes) is 16. The van der Waals surface area contributed by atoms with Crippen molar-refractivity contribution >= 4 is 36.6 Å². The molecule has 0 unspecified atom stereocenters. The van der Waals surface area contributed by atoms with Crippen molar-refractivity contribution in [1.82, 2.24) is 0 Å². The first-order valence-electron chi connectivity index (χ1n) is 10.1. The van der Waals surface area contributed by atoms with E-state index in [0.29, 0.717) is 0 Å². The van der Waals surface area contributed by atoms with Crippen molar-refractivity contribution in [3.05, 3.63) is 0 Å². The molecular formula is C19H40Br2Si. The van der Waals surface area contributed by atoms with Crippen LogP contribution in [0.5, 0.6) is 0 Å². The maximum atomic E-state index is 3.68. The van der Waals surface area contributed by atoms with E-state index in [1.807, 2.05) is 0 Å². The van der Waals surface area contributed by atoms with Crippen molar-refractivity contribution in [2.45, 2.75) is 122 Å². The van der Waals surface area contributed by atoms with E-state index in [9.17, 15) is 0 Å². The van der Waals surface area contributed by atoms with Gasteiger partial charge in [0, 0.05) is 0 Å². The molecule has 0 rings (SSSR count). The van der Waals surface area contributed by atoms with Crippen molar-refractivity contribution in [1.29, 1.82) is 0 Å². The van der Waals surface area contributed by atoms with E-state index >= 15 is 0 Å². The van der Waals surface area contributed by atoms with Gasteiger partial charge in [-0.15, -0.1) is 30.6 Å². The SMILES string of the molecule is CCCCCCCCCCCCCCCCCCC[SiH](Br)Br. The van der Waals surface area contributed by atoms with Crippen LogP contribution in [-0.4, -0.2) is 6.04 Å².